The summed E-state index contributed by atoms with van der Waals surface area (Å²) in [5.41, 5.74) is 5.77. The molecule has 3 aromatic rings. The first kappa shape index (κ1) is 11.9. The fourth-order valence-electron chi connectivity index (χ4n) is 3.11. The van der Waals surface area contributed by atoms with Crippen molar-refractivity contribution in [3.05, 3.63) is 77.4 Å². The van der Waals surface area contributed by atoms with Crippen molar-refractivity contribution in [2.24, 2.45) is 0 Å². The Hall–Kier alpha value is -2.85. The molecule has 1 nitrogen and oxygen atoms in total. The predicted molar refractivity (Wildman–Crippen MR) is 86.8 cm³/mol. The SMILES string of the molecule is N#Cc1ccc(-c2ccc3cccc4c3c2C=CC4)cc1. The number of hydrogen-bond acceptors (Lipinski definition) is 1. The molecule has 4 rings (SSSR count). The second-order valence-corrected chi connectivity index (χ2v) is 5.34. The van der Waals surface area contributed by atoms with Crippen molar-refractivity contribution < 1.29 is 0 Å². The highest BCUT2D eigenvalue weighted by Gasteiger charge is 2.13. The van der Waals surface area contributed by atoms with E-state index in [1.54, 1.807) is 0 Å². The van der Waals surface area contributed by atoms with Crippen LogP contribution in [0.15, 0.2) is 60.7 Å². The number of nitrogens with zero attached hydrogens (tertiary/aromatic N) is 1. The van der Waals surface area contributed by atoms with Gasteiger partial charge in [0.25, 0.3) is 0 Å². The van der Waals surface area contributed by atoms with E-state index in [4.69, 9.17) is 5.26 Å². The molecule has 0 unspecified atom stereocenters. The van der Waals surface area contributed by atoms with Gasteiger partial charge >= 0.3 is 0 Å². The fourth-order valence-corrected chi connectivity index (χ4v) is 3.11. The summed E-state index contributed by atoms with van der Waals surface area (Å²) in [5, 5.41) is 11.6. The second kappa shape index (κ2) is 4.61. The molecule has 0 spiro atoms. The summed E-state index contributed by atoms with van der Waals surface area (Å²) >= 11 is 0. The molecule has 1 aliphatic carbocycles. The van der Waals surface area contributed by atoms with Crippen molar-refractivity contribution in [1.29, 1.82) is 5.26 Å². The Morgan fingerprint density at radius 3 is 2.57 bits per heavy atom. The predicted octanol–water partition coefficient (Wildman–Crippen LogP) is 4.95. The smallest absolute Gasteiger partial charge is 0.0991 e. The highest BCUT2D eigenvalue weighted by atomic mass is 14.2. The first-order valence-electron chi connectivity index (χ1n) is 7.08. The molecule has 0 saturated carbocycles. The quantitative estimate of drug-likeness (QED) is 0.612. The van der Waals surface area contributed by atoms with Gasteiger partial charge < -0.3 is 0 Å². The van der Waals surface area contributed by atoms with E-state index in [1.165, 1.54) is 27.5 Å². The zero-order valence-electron chi connectivity index (χ0n) is 11.5. The lowest BCUT2D eigenvalue weighted by molar-refractivity contribution is 1.29. The van der Waals surface area contributed by atoms with E-state index in [-0.39, 0.29) is 0 Å². The maximum Gasteiger partial charge on any atom is 0.0991 e. The zero-order chi connectivity index (χ0) is 14.2. The Morgan fingerprint density at radius 1 is 0.905 bits per heavy atom. The minimum absolute atomic E-state index is 0.699. The minimum Gasteiger partial charge on any atom is -0.192 e. The molecule has 0 bridgehead atoms. The number of hydrogen-bond donors (Lipinski definition) is 0. The topological polar surface area (TPSA) is 23.8 Å². The molecule has 0 saturated heterocycles. The number of rotatable bonds is 1. The molecule has 1 heteroatoms. The highest BCUT2D eigenvalue weighted by molar-refractivity contribution is 6.00. The van der Waals surface area contributed by atoms with Crippen LogP contribution in [0.3, 0.4) is 0 Å². The van der Waals surface area contributed by atoms with E-state index in [1.807, 2.05) is 24.3 Å². The Morgan fingerprint density at radius 2 is 1.76 bits per heavy atom. The second-order valence-electron chi connectivity index (χ2n) is 5.34. The van der Waals surface area contributed by atoms with E-state index < -0.39 is 0 Å². The summed E-state index contributed by atoms with van der Waals surface area (Å²) in [4.78, 5) is 0. The van der Waals surface area contributed by atoms with Crippen LogP contribution in [-0.4, -0.2) is 0 Å². The third-order valence-corrected chi connectivity index (χ3v) is 4.12. The van der Waals surface area contributed by atoms with Crippen LogP contribution in [0.2, 0.25) is 0 Å². The van der Waals surface area contributed by atoms with Crippen LogP contribution in [0.4, 0.5) is 0 Å². The summed E-state index contributed by atoms with van der Waals surface area (Å²) in [6.07, 6.45) is 5.45. The summed E-state index contributed by atoms with van der Waals surface area (Å²) in [7, 11) is 0. The van der Waals surface area contributed by atoms with Crippen molar-refractivity contribution >= 4 is 16.8 Å². The molecule has 0 atom stereocenters. The molecule has 0 heterocycles. The number of nitriles is 1. The van der Waals surface area contributed by atoms with E-state index >= 15 is 0 Å². The van der Waals surface area contributed by atoms with E-state index in [0.717, 1.165) is 12.0 Å². The van der Waals surface area contributed by atoms with Gasteiger partial charge in [-0.1, -0.05) is 54.6 Å². The fraction of sp³-hybridized carbons (Fsp3) is 0.0500. The lowest BCUT2D eigenvalue weighted by atomic mass is 9.87. The summed E-state index contributed by atoms with van der Waals surface area (Å²) in [6.45, 7) is 0. The van der Waals surface area contributed by atoms with Crippen LogP contribution in [0, 0.1) is 11.3 Å². The van der Waals surface area contributed by atoms with Gasteiger partial charge in [0.2, 0.25) is 0 Å². The standard InChI is InChI=1S/C20H13N/c21-13-14-7-9-15(10-8-14)18-12-11-17-4-1-3-16-5-2-6-19(18)20(16)17/h1-4,6-12H,5H2. The molecule has 98 valence electrons. The average molecular weight is 267 g/mol. The third-order valence-electron chi connectivity index (χ3n) is 4.12. The van der Waals surface area contributed by atoms with Crippen molar-refractivity contribution in [2.45, 2.75) is 6.42 Å². The lowest BCUT2D eigenvalue weighted by Gasteiger charge is -2.16. The summed E-state index contributed by atoms with van der Waals surface area (Å²) in [6, 6.07) is 20.9. The van der Waals surface area contributed by atoms with Crippen LogP contribution >= 0.6 is 0 Å². The molecule has 0 fully saturated rings. The summed E-state index contributed by atoms with van der Waals surface area (Å²) in [5.74, 6) is 0. The molecule has 0 N–H and O–H groups in total. The van der Waals surface area contributed by atoms with Gasteiger partial charge in [-0.15, -0.1) is 0 Å². The highest BCUT2D eigenvalue weighted by Crippen LogP contribution is 2.35. The normalized spacial score (nSPS) is 12.3. The molecule has 0 amide bonds. The maximum atomic E-state index is 8.93. The first-order chi connectivity index (χ1) is 10.4. The maximum absolute atomic E-state index is 8.93. The largest absolute Gasteiger partial charge is 0.192 e. The van der Waals surface area contributed by atoms with E-state index in [0.29, 0.717) is 5.56 Å². The van der Waals surface area contributed by atoms with Crippen molar-refractivity contribution in [1.82, 2.24) is 0 Å². The Kier molecular flexibility index (Phi) is 2.62. The Bertz CT molecular complexity index is 909. The van der Waals surface area contributed by atoms with Crippen LogP contribution < -0.4 is 0 Å². The van der Waals surface area contributed by atoms with Gasteiger partial charge in [0.1, 0.15) is 0 Å². The van der Waals surface area contributed by atoms with Gasteiger partial charge in [-0.2, -0.15) is 5.26 Å². The van der Waals surface area contributed by atoms with Crippen molar-refractivity contribution in [3.63, 3.8) is 0 Å². The monoisotopic (exact) mass is 267 g/mol. The van der Waals surface area contributed by atoms with Crippen LogP contribution in [0.1, 0.15) is 16.7 Å². The molecule has 1 aliphatic rings. The van der Waals surface area contributed by atoms with Gasteiger partial charge in [0, 0.05) is 0 Å². The molecule has 3 aromatic carbocycles. The molecule has 21 heavy (non-hydrogen) atoms. The van der Waals surface area contributed by atoms with E-state index in [9.17, 15) is 0 Å². The van der Waals surface area contributed by atoms with Crippen LogP contribution in [-0.2, 0) is 6.42 Å². The molecular weight excluding hydrogens is 254 g/mol. The number of benzene rings is 3. The van der Waals surface area contributed by atoms with Gasteiger partial charge in [-0.05, 0) is 51.6 Å². The third kappa shape index (κ3) is 1.85. The van der Waals surface area contributed by atoms with Crippen LogP contribution in [0.5, 0.6) is 0 Å². The Balaban J connectivity index is 2.00. The van der Waals surface area contributed by atoms with Gasteiger partial charge in [-0.25, -0.2) is 0 Å². The zero-order valence-corrected chi connectivity index (χ0v) is 11.5. The van der Waals surface area contributed by atoms with Crippen molar-refractivity contribution in [3.8, 4) is 17.2 Å². The minimum atomic E-state index is 0.699. The molecule has 0 aliphatic heterocycles. The molecule has 0 radical (unpaired) electrons. The summed E-state index contributed by atoms with van der Waals surface area (Å²) < 4.78 is 0. The van der Waals surface area contributed by atoms with Gasteiger partial charge in [0.05, 0.1) is 11.6 Å². The van der Waals surface area contributed by atoms with Crippen molar-refractivity contribution in [2.75, 3.05) is 0 Å². The Labute approximate surface area is 123 Å². The molecule has 0 aromatic heterocycles. The van der Waals surface area contributed by atoms with Gasteiger partial charge in [-0.3, -0.25) is 0 Å². The lowest BCUT2D eigenvalue weighted by Crippen LogP contribution is -1.95. The molecular formula is C20H13N. The first-order valence-corrected chi connectivity index (χ1v) is 7.08. The van der Waals surface area contributed by atoms with E-state index in [2.05, 4.69) is 48.6 Å². The average Bonchev–Trinajstić information content (AvgIpc) is 2.56. The van der Waals surface area contributed by atoms with Crippen LogP contribution in [0.25, 0.3) is 28.0 Å². The van der Waals surface area contributed by atoms with Gasteiger partial charge in [0.15, 0.2) is 0 Å². The number of allylic oxidation sites excluding steroid dienone is 1.